The fraction of sp³-hybridized carbons (Fsp3) is 0.217. The van der Waals surface area contributed by atoms with Gasteiger partial charge in [-0.25, -0.2) is 19.9 Å². The molecule has 3 heterocycles. The highest BCUT2D eigenvalue weighted by Gasteiger charge is 2.24. The molecule has 1 aromatic carbocycles. The summed E-state index contributed by atoms with van der Waals surface area (Å²) in [5.41, 5.74) is 3.39. The molecular weight excluding hydrogens is 426 g/mol. The number of ether oxygens (including phenoxy) is 1. The lowest BCUT2D eigenvalue weighted by atomic mass is 10.1. The standard InChI is InChI=1S/C23H21N5OS2/c1-14-8-9-18-20(14)22(26-13-25-18)31-17-10-19(29-16-6-4-3-5-7-16)21(24-11-17)28-23-27-15(2)12-30-23/h3-7,10-14H,8-9H2,1-2H3,(H,24,27,28). The molecule has 0 saturated carbocycles. The molecule has 1 unspecified atom stereocenters. The van der Waals surface area contributed by atoms with Crippen LogP contribution in [0, 0.1) is 6.92 Å². The van der Waals surface area contributed by atoms with Gasteiger partial charge in [0.25, 0.3) is 0 Å². The Labute approximate surface area is 189 Å². The zero-order valence-corrected chi connectivity index (χ0v) is 18.8. The van der Waals surface area contributed by atoms with E-state index in [1.165, 1.54) is 16.9 Å². The number of para-hydroxylation sites is 1. The molecule has 0 aliphatic heterocycles. The summed E-state index contributed by atoms with van der Waals surface area (Å²) in [6.07, 6.45) is 5.65. The lowest BCUT2D eigenvalue weighted by molar-refractivity contribution is 0.481. The van der Waals surface area contributed by atoms with Crippen molar-refractivity contribution in [2.75, 3.05) is 5.32 Å². The normalized spacial score (nSPS) is 15.0. The summed E-state index contributed by atoms with van der Waals surface area (Å²) in [5.74, 6) is 2.49. The Hall–Kier alpha value is -2.97. The predicted molar refractivity (Wildman–Crippen MR) is 124 cm³/mol. The van der Waals surface area contributed by atoms with E-state index in [9.17, 15) is 0 Å². The maximum Gasteiger partial charge on any atom is 0.188 e. The Bertz CT molecular complexity index is 1210. The van der Waals surface area contributed by atoms with Crippen LogP contribution < -0.4 is 10.1 Å². The highest BCUT2D eigenvalue weighted by atomic mass is 32.2. The van der Waals surface area contributed by atoms with E-state index in [1.54, 1.807) is 18.1 Å². The molecule has 5 rings (SSSR count). The maximum absolute atomic E-state index is 6.19. The number of rotatable bonds is 6. The van der Waals surface area contributed by atoms with Crippen LogP contribution in [0.4, 0.5) is 10.9 Å². The average Bonchev–Trinajstić information content (AvgIpc) is 3.36. The first-order valence-corrected chi connectivity index (χ1v) is 11.8. The number of thiazole rings is 1. The second kappa shape index (κ2) is 8.64. The molecule has 0 spiro atoms. The average molecular weight is 448 g/mol. The van der Waals surface area contributed by atoms with Gasteiger partial charge in [-0.15, -0.1) is 11.3 Å². The molecule has 1 aliphatic rings. The zero-order chi connectivity index (χ0) is 21.2. The van der Waals surface area contributed by atoms with Crippen LogP contribution in [-0.2, 0) is 6.42 Å². The first kappa shape index (κ1) is 20.0. The largest absolute Gasteiger partial charge is 0.453 e. The molecule has 0 radical (unpaired) electrons. The van der Waals surface area contributed by atoms with Gasteiger partial charge >= 0.3 is 0 Å². The highest BCUT2D eigenvalue weighted by Crippen LogP contribution is 2.41. The van der Waals surface area contributed by atoms with E-state index in [0.717, 1.165) is 45.0 Å². The number of hydrogen-bond acceptors (Lipinski definition) is 8. The Morgan fingerprint density at radius 3 is 2.84 bits per heavy atom. The Morgan fingerprint density at radius 1 is 1.16 bits per heavy atom. The van der Waals surface area contributed by atoms with Crippen molar-refractivity contribution in [2.24, 2.45) is 0 Å². The summed E-state index contributed by atoms with van der Waals surface area (Å²) >= 11 is 3.15. The molecule has 0 bridgehead atoms. The lowest BCUT2D eigenvalue weighted by Crippen LogP contribution is -1.99. The van der Waals surface area contributed by atoms with Gasteiger partial charge in [0.1, 0.15) is 17.1 Å². The fourth-order valence-corrected chi connectivity index (χ4v) is 5.29. The summed E-state index contributed by atoms with van der Waals surface area (Å²) in [4.78, 5) is 19.1. The molecule has 0 saturated heterocycles. The van der Waals surface area contributed by atoms with Gasteiger partial charge < -0.3 is 10.1 Å². The minimum absolute atomic E-state index is 0.473. The minimum atomic E-state index is 0.473. The van der Waals surface area contributed by atoms with Gasteiger partial charge in [0.15, 0.2) is 16.7 Å². The van der Waals surface area contributed by atoms with Crippen LogP contribution in [0.3, 0.4) is 0 Å². The van der Waals surface area contributed by atoms with Gasteiger partial charge in [0.05, 0.1) is 5.69 Å². The predicted octanol–water partition coefficient (Wildman–Crippen LogP) is 6.37. The molecule has 156 valence electrons. The second-order valence-corrected chi connectivity index (χ2v) is 9.35. The van der Waals surface area contributed by atoms with Crippen molar-refractivity contribution < 1.29 is 4.74 Å². The number of aryl methyl sites for hydroxylation is 2. The van der Waals surface area contributed by atoms with Crippen molar-refractivity contribution >= 4 is 34.0 Å². The molecule has 31 heavy (non-hydrogen) atoms. The van der Waals surface area contributed by atoms with E-state index < -0.39 is 0 Å². The number of aromatic nitrogens is 4. The van der Waals surface area contributed by atoms with E-state index >= 15 is 0 Å². The zero-order valence-electron chi connectivity index (χ0n) is 17.2. The number of fused-ring (bicyclic) bond motifs is 1. The Balaban J connectivity index is 1.48. The number of nitrogens with zero attached hydrogens (tertiary/aromatic N) is 4. The Morgan fingerprint density at radius 2 is 2.03 bits per heavy atom. The summed E-state index contributed by atoms with van der Waals surface area (Å²) in [6.45, 7) is 4.21. The van der Waals surface area contributed by atoms with Crippen LogP contribution in [0.1, 0.15) is 36.2 Å². The minimum Gasteiger partial charge on any atom is -0.453 e. The third-order valence-electron chi connectivity index (χ3n) is 5.09. The van der Waals surface area contributed by atoms with E-state index in [0.29, 0.717) is 17.5 Å². The van der Waals surface area contributed by atoms with Crippen LogP contribution in [0.15, 0.2) is 64.2 Å². The number of benzene rings is 1. The van der Waals surface area contributed by atoms with Crippen molar-refractivity contribution in [3.8, 4) is 11.5 Å². The van der Waals surface area contributed by atoms with Crippen molar-refractivity contribution in [1.82, 2.24) is 19.9 Å². The molecule has 1 aliphatic carbocycles. The fourth-order valence-electron chi connectivity index (χ4n) is 3.58. The van der Waals surface area contributed by atoms with Gasteiger partial charge in [0, 0.05) is 33.8 Å². The SMILES string of the molecule is Cc1csc(Nc2ncc(Sc3ncnc4c3C(C)CC4)cc2Oc2ccccc2)n1. The quantitative estimate of drug-likeness (QED) is 0.344. The smallest absolute Gasteiger partial charge is 0.188 e. The number of anilines is 2. The van der Waals surface area contributed by atoms with Crippen molar-refractivity contribution in [3.63, 3.8) is 0 Å². The van der Waals surface area contributed by atoms with E-state index in [1.807, 2.05) is 54.9 Å². The molecule has 1 N–H and O–H groups in total. The summed E-state index contributed by atoms with van der Waals surface area (Å²) in [7, 11) is 0. The first-order chi connectivity index (χ1) is 15.2. The van der Waals surface area contributed by atoms with E-state index in [4.69, 9.17) is 4.74 Å². The van der Waals surface area contributed by atoms with E-state index in [-0.39, 0.29) is 0 Å². The highest BCUT2D eigenvalue weighted by molar-refractivity contribution is 7.99. The van der Waals surface area contributed by atoms with Crippen molar-refractivity contribution in [3.05, 3.63) is 71.3 Å². The van der Waals surface area contributed by atoms with Crippen LogP contribution in [0.5, 0.6) is 11.5 Å². The molecule has 8 heteroatoms. The van der Waals surface area contributed by atoms with Crippen molar-refractivity contribution in [2.45, 2.75) is 42.5 Å². The molecule has 0 fully saturated rings. The van der Waals surface area contributed by atoms with E-state index in [2.05, 4.69) is 32.2 Å². The van der Waals surface area contributed by atoms with Gasteiger partial charge in [-0.05, 0) is 37.8 Å². The molecule has 1 atom stereocenters. The van der Waals surface area contributed by atoms with Crippen LogP contribution >= 0.6 is 23.1 Å². The lowest BCUT2D eigenvalue weighted by Gasteiger charge is -2.13. The van der Waals surface area contributed by atoms with Gasteiger partial charge in [-0.2, -0.15) is 0 Å². The molecule has 6 nitrogen and oxygen atoms in total. The third-order valence-corrected chi connectivity index (χ3v) is 6.95. The van der Waals surface area contributed by atoms with Crippen molar-refractivity contribution in [1.29, 1.82) is 0 Å². The number of pyridine rings is 1. The molecule has 0 amide bonds. The molecule has 4 aromatic rings. The second-order valence-electron chi connectivity index (χ2n) is 7.43. The molecule has 3 aromatic heterocycles. The Kier molecular flexibility index (Phi) is 5.57. The monoisotopic (exact) mass is 447 g/mol. The number of nitrogens with one attached hydrogen (secondary N) is 1. The summed E-state index contributed by atoms with van der Waals surface area (Å²) in [6, 6.07) is 11.7. The first-order valence-electron chi connectivity index (χ1n) is 10.1. The van der Waals surface area contributed by atoms with Crippen LogP contribution in [-0.4, -0.2) is 19.9 Å². The van der Waals surface area contributed by atoms with Crippen LogP contribution in [0.2, 0.25) is 0 Å². The summed E-state index contributed by atoms with van der Waals surface area (Å²) in [5, 5.41) is 7.07. The third kappa shape index (κ3) is 4.40. The number of hydrogen-bond donors (Lipinski definition) is 1. The van der Waals surface area contributed by atoms with Crippen LogP contribution in [0.25, 0.3) is 0 Å². The maximum atomic E-state index is 6.19. The van der Waals surface area contributed by atoms with Gasteiger partial charge in [0.2, 0.25) is 0 Å². The van der Waals surface area contributed by atoms with Gasteiger partial charge in [-0.3, -0.25) is 0 Å². The molecular formula is C23H21N5OS2. The van der Waals surface area contributed by atoms with Gasteiger partial charge in [-0.1, -0.05) is 36.9 Å². The topological polar surface area (TPSA) is 72.8 Å². The summed E-state index contributed by atoms with van der Waals surface area (Å²) < 4.78 is 6.19.